The minimum absolute atomic E-state index is 0.128. The Labute approximate surface area is 151 Å². The molecule has 1 N–H and O–H groups in total. The molecule has 132 valence electrons. The van der Waals surface area contributed by atoms with Crippen LogP contribution in [0.1, 0.15) is 18.1 Å². The molecule has 6 heteroatoms. The molecule has 0 aromatic heterocycles. The molecule has 0 saturated carbocycles. The van der Waals surface area contributed by atoms with Crippen molar-refractivity contribution in [3.63, 3.8) is 0 Å². The van der Waals surface area contributed by atoms with Crippen LogP contribution in [0.4, 0.5) is 4.39 Å². The molecule has 0 aliphatic carbocycles. The molecule has 2 amide bonds. The number of likely N-dealkylation sites (N-methyl/N-ethyl adjacent to an activating group) is 1. The fraction of sp³-hybridized carbons (Fsp3) is 0.263. The molecule has 0 saturated heterocycles. The average Bonchev–Trinajstić information content (AvgIpc) is 2.59. The number of nitrogens with zero attached hydrogens (tertiary/aromatic N) is 1. The Hall–Kier alpha value is -2.40. The van der Waals surface area contributed by atoms with Gasteiger partial charge in [-0.3, -0.25) is 9.59 Å². The number of halogens is 2. The van der Waals surface area contributed by atoms with E-state index in [1.807, 2.05) is 6.07 Å². The van der Waals surface area contributed by atoms with Gasteiger partial charge in [0.25, 0.3) is 0 Å². The third-order valence-corrected chi connectivity index (χ3v) is 4.16. The number of amides is 2. The van der Waals surface area contributed by atoms with Crippen molar-refractivity contribution in [3.8, 4) is 0 Å². The number of carbonyl (C=O) groups is 2. The maximum Gasteiger partial charge on any atom is 0.242 e. The zero-order chi connectivity index (χ0) is 18.4. The maximum atomic E-state index is 13.1. The van der Waals surface area contributed by atoms with Gasteiger partial charge in [0.1, 0.15) is 11.9 Å². The van der Waals surface area contributed by atoms with Crippen LogP contribution in [0.2, 0.25) is 5.02 Å². The third kappa shape index (κ3) is 5.29. The molecule has 0 aliphatic heterocycles. The number of hydrogen-bond donors (Lipinski definition) is 1. The van der Waals surface area contributed by atoms with Gasteiger partial charge in [0.2, 0.25) is 11.8 Å². The van der Waals surface area contributed by atoms with Crippen LogP contribution >= 0.6 is 11.6 Å². The summed E-state index contributed by atoms with van der Waals surface area (Å²) in [5, 5.41) is 3.10. The van der Waals surface area contributed by atoms with Crippen molar-refractivity contribution in [1.82, 2.24) is 10.2 Å². The third-order valence-electron chi connectivity index (χ3n) is 3.92. The van der Waals surface area contributed by atoms with E-state index in [9.17, 15) is 14.0 Å². The summed E-state index contributed by atoms with van der Waals surface area (Å²) in [4.78, 5) is 26.3. The first kappa shape index (κ1) is 18.9. The second-order valence-electron chi connectivity index (χ2n) is 5.75. The first-order chi connectivity index (χ1) is 11.9. The zero-order valence-electron chi connectivity index (χ0n) is 14.1. The second-order valence-corrected chi connectivity index (χ2v) is 6.18. The first-order valence-corrected chi connectivity index (χ1v) is 8.28. The van der Waals surface area contributed by atoms with Crippen LogP contribution in [0.15, 0.2) is 48.5 Å². The Morgan fingerprint density at radius 2 is 1.84 bits per heavy atom. The minimum atomic E-state index is -0.651. The summed E-state index contributed by atoms with van der Waals surface area (Å²) in [6.45, 7) is 1.88. The Balaban J connectivity index is 2.21. The van der Waals surface area contributed by atoms with Crippen LogP contribution in [0, 0.1) is 5.82 Å². The van der Waals surface area contributed by atoms with Gasteiger partial charge in [-0.05, 0) is 42.3 Å². The van der Waals surface area contributed by atoms with Gasteiger partial charge in [-0.15, -0.1) is 0 Å². The summed E-state index contributed by atoms with van der Waals surface area (Å²) in [7, 11) is 1.52. The highest BCUT2D eigenvalue weighted by Crippen LogP contribution is 2.15. The maximum absolute atomic E-state index is 13.1. The molecular formula is C19H20ClFN2O2. The molecule has 1 unspecified atom stereocenters. The van der Waals surface area contributed by atoms with E-state index < -0.39 is 6.04 Å². The standard InChI is InChI=1S/C19H20ClFN2O2/c1-13(19(25)22-2)23(12-14-6-8-17(21)9-7-14)18(24)11-15-4-3-5-16(20)10-15/h3-10,13H,11-12H2,1-2H3,(H,22,25). The molecule has 0 bridgehead atoms. The molecule has 0 aliphatic rings. The van der Waals surface area contributed by atoms with Crippen molar-refractivity contribution in [2.45, 2.75) is 25.9 Å². The van der Waals surface area contributed by atoms with Crippen LogP contribution in [0.3, 0.4) is 0 Å². The molecule has 0 fully saturated rings. The van der Waals surface area contributed by atoms with Crippen LogP contribution < -0.4 is 5.32 Å². The van der Waals surface area contributed by atoms with Crippen LogP contribution in [-0.2, 0) is 22.6 Å². The number of nitrogens with one attached hydrogen (secondary N) is 1. The van der Waals surface area contributed by atoms with Crippen molar-refractivity contribution in [2.75, 3.05) is 7.05 Å². The highest BCUT2D eigenvalue weighted by molar-refractivity contribution is 6.30. The monoisotopic (exact) mass is 362 g/mol. The normalized spacial score (nSPS) is 11.7. The summed E-state index contributed by atoms with van der Waals surface area (Å²) >= 11 is 5.96. The van der Waals surface area contributed by atoms with Crippen molar-refractivity contribution >= 4 is 23.4 Å². The van der Waals surface area contributed by atoms with Gasteiger partial charge in [-0.1, -0.05) is 35.9 Å². The predicted octanol–water partition coefficient (Wildman–Crippen LogP) is 3.18. The van der Waals surface area contributed by atoms with Crippen LogP contribution in [-0.4, -0.2) is 29.8 Å². The molecule has 4 nitrogen and oxygen atoms in total. The summed E-state index contributed by atoms with van der Waals surface area (Å²) in [6, 6.07) is 12.3. The molecule has 1 atom stereocenters. The van der Waals surface area contributed by atoms with E-state index in [2.05, 4.69) is 5.32 Å². The van der Waals surface area contributed by atoms with E-state index >= 15 is 0 Å². The molecule has 0 heterocycles. The summed E-state index contributed by atoms with van der Waals surface area (Å²) < 4.78 is 13.1. The quantitative estimate of drug-likeness (QED) is 0.858. The van der Waals surface area contributed by atoms with Gasteiger partial charge in [0.05, 0.1) is 6.42 Å². The second kappa shape index (κ2) is 8.62. The smallest absolute Gasteiger partial charge is 0.242 e. The van der Waals surface area contributed by atoms with Gasteiger partial charge in [0.15, 0.2) is 0 Å². The lowest BCUT2D eigenvalue weighted by atomic mass is 10.1. The Morgan fingerprint density at radius 1 is 1.16 bits per heavy atom. The molecule has 2 aromatic rings. The number of rotatable bonds is 6. The number of benzene rings is 2. The minimum Gasteiger partial charge on any atom is -0.357 e. The summed E-state index contributed by atoms with van der Waals surface area (Å²) in [6.07, 6.45) is 0.128. The molecule has 0 radical (unpaired) electrons. The van der Waals surface area contributed by atoms with Gasteiger partial charge in [-0.2, -0.15) is 0 Å². The van der Waals surface area contributed by atoms with E-state index in [1.54, 1.807) is 37.3 Å². The molecule has 2 aromatic carbocycles. The first-order valence-electron chi connectivity index (χ1n) is 7.90. The summed E-state index contributed by atoms with van der Waals surface area (Å²) in [5.41, 5.74) is 1.52. The van der Waals surface area contributed by atoms with Gasteiger partial charge < -0.3 is 10.2 Å². The SMILES string of the molecule is CNC(=O)C(C)N(Cc1ccc(F)cc1)C(=O)Cc1cccc(Cl)c1. The average molecular weight is 363 g/mol. The van der Waals surface area contributed by atoms with Crippen molar-refractivity contribution < 1.29 is 14.0 Å². The lowest BCUT2D eigenvalue weighted by Gasteiger charge is -2.28. The van der Waals surface area contributed by atoms with E-state index in [4.69, 9.17) is 11.6 Å². The van der Waals surface area contributed by atoms with E-state index in [0.29, 0.717) is 5.02 Å². The van der Waals surface area contributed by atoms with Gasteiger partial charge >= 0.3 is 0 Å². The highest BCUT2D eigenvalue weighted by Gasteiger charge is 2.25. The lowest BCUT2D eigenvalue weighted by molar-refractivity contribution is -0.139. The largest absolute Gasteiger partial charge is 0.357 e. The molecule has 0 spiro atoms. The van der Waals surface area contributed by atoms with E-state index in [1.165, 1.54) is 24.1 Å². The van der Waals surface area contributed by atoms with E-state index in [-0.39, 0.29) is 30.6 Å². The molecule has 25 heavy (non-hydrogen) atoms. The summed E-state index contributed by atoms with van der Waals surface area (Å²) in [5.74, 6) is -0.816. The Bertz CT molecular complexity index is 749. The zero-order valence-corrected chi connectivity index (χ0v) is 14.9. The van der Waals surface area contributed by atoms with Crippen LogP contribution in [0.25, 0.3) is 0 Å². The predicted molar refractivity (Wildman–Crippen MR) is 95.6 cm³/mol. The van der Waals surface area contributed by atoms with Crippen molar-refractivity contribution in [2.24, 2.45) is 0 Å². The van der Waals surface area contributed by atoms with Crippen molar-refractivity contribution in [1.29, 1.82) is 0 Å². The molecular weight excluding hydrogens is 343 g/mol. The number of hydrogen-bond acceptors (Lipinski definition) is 2. The van der Waals surface area contributed by atoms with Crippen molar-refractivity contribution in [3.05, 3.63) is 70.5 Å². The van der Waals surface area contributed by atoms with Gasteiger partial charge in [0, 0.05) is 18.6 Å². The number of carbonyl (C=O) groups excluding carboxylic acids is 2. The topological polar surface area (TPSA) is 49.4 Å². The van der Waals surface area contributed by atoms with Crippen LogP contribution in [0.5, 0.6) is 0 Å². The fourth-order valence-corrected chi connectivity index (χ4v) is 2.71. The lowest BCUT2D eigenvalue weighted by Crippen LogP contribution is -2.47. The Kier molecular flexibility index (Phi) is 6.53. The van der Waals surface area contributed by atoms with Gasteiger partial charge in [-0.25, -0.2) is 4.39 Å². The highest BCUT2D eigenvalue weighted by atomic mass is 35.5. The fourth-order valence-electron chi connectivity index (χ4n) is 2.50. The van der Waals surface area contributed by atoms with E-state index in [0.717, 1.165) is 11.1 Å². The Morgan fingerprint density at radius 3 is 2.44 bits per heavy atom. The molecule has 2 rings (SSSR count).